The van der Waals surface area contributed by atoms with Gasteiger partial charge in [-0.1, -0.05) is 42.2 Å². The van der Waals surface area contributed by atoms with E-state index >= 15 is 0 Å². The predicted octanol–water partition coefficient (Wildman–Crippen LogP) is 3.39. The molecule has 5 heteroatoms. The maximum atomic E-state index is 12.3. The minimum Gasteiger partial charge on any atom is -0.311 e. The van der Waals surface area contributed by atoms with Gasteiger partial charge in [0.15, 0.2) is 0 Å². The summed E-state index contributed by atoms with van der Waals surface area (Å²) in [4.78, 5) is 27.6. The molecule has 1 heterocycles. The Hall–Kier alpha value is -3.65. The Morgan fingerprint density at radius 1 is 0.962 bits per heavy atom. The topological polar surface area (TPSA) is 71.1 Å². The van der Waals surface area contributed by atoms with E-state index in [1.807, 2.05) is 36.4 Å². The lowest BCUT2D eigenvalue weighted by Crippen LogP contribution is -2.14. The minimum atomic E-state index is -0.279. The van der Waals surface area contributed by atoms with Gasteiger partial charge in [-0.25, -0.2) is 4.98 Å². The molecule has 26 heavy (non-hydrogen) atoms. The maximum absolute atomic E-state index is 12.3. The van der Waals surface area contributed by atoms with Gasteiger partial charge in [0, 0.05) is 18.1 Å². The minimum absolute atomic E-state index is 0.153. The molecule has 2 amide bonds. The predicted molar refractivity (Wildman–Crippen MR) is 102 cm³/mol. The summed E-state index contributed by atoms with van der Waals surface area (Å²) >= 11 is 0. The van der Waals surface area contributed by atoms with Gasteiger partial charge in [-0.15, -0.1) is 0 Å². The Kier molecular flexibility index (Phi) is 5.25. The molecular weight excluding hydrogens is 326 g/mol. The number of hydrogen-bond donors (Lipinski definition) is 2. The van der Waals surface area contributed by atoms with E-state index in [1.165, 1.54) is 6.92 Å². The Labute approximate surface area is 151 Å². The Morgan fingerprint density at radius 3 is 2.27 bits per heavy atom. The molecule has 1 aromatic carbocycles. The van der Waals surface area contributed by atoms with E-state index in [2.05, 4.69) is 27.5 Å². The number of rotatable bonds is 3. The van der Waals surface area contributed by atoms with Crippen molar-refractivity contribution in [1.82, 2.24) is 4.98 Å². The van der Waals surface area contributed by atoms with Crippen LogP contribution in [0.25, 0.3) is 0 Å². The van der Waals surface area contributed by atoms with Crippen molar-refractivity contribution in [2.24, 2.45) is 5.92 Å². The number of allylic oxidation sites excluding steroid dienone is 4. The quantitative estimate of drug-likeness (QED) is 0.839. The standard InChI is InChI=1S/C21H17N3O2/c1-15(25)22-19-7-4-8-20(23-19)24-21(26)18-13-11-17(12-14-18)10-9-16-5-2-3-6-16/h2-8,11-14,16H,1H3,(H2,22,23,24,25,26). The van der Waals surface area contributed by atoms with Crippen molar-refractivity contribution in [2.75, 3.05) is 10.6 Å². The molecule has 5 nitrogen and oxygen atoms in total. The van der Waals surface area contributed by atoms with Gasteiger partial charge < -0.3 is 10.6 Å². The number of carbonyl (C=O) groups excluding carboxylic acids is 2. The normalized spacial score (nSPS) is 12.3. The van der Waals surface area contributed by atoms with E-state index in [4.69, 9.17) is 0 Å². The monoisotopic (exact) mass is 343 g/mol. The highest BCUT2D eigenvalue weighted by atomic mass is 16.2. The van der Waals surface area contributed by atoms with Crippen LogP contribution in [0.1, 0.15) is 22.8 Å². The highest BCUT2D eigenvalue weighted by Crippen LogP contribution is 2.12. The fourth-order valence-electron chi connectivity index (χ4n) is 2.34. The van der Waals surface area contributed by atoms with Crippen molar-refractivity contribution in [3.63, 3.8) is 0 Å². The van der Waals surface area contributed by atoms with Gasteiger partial charge >= 0.3 is 0 Å². The van der Waals surface area contributed by atoms with Crippen molar-refractivity contribution < 1.29 is 9.59 Å². The zero-order chi connectivity index (χ0) is 18.4. The second-order valence-corrected chi connectivity index (χ2v) is 5.69. The SMILES string of the molecule is CC(=O)Nc1cccc(NC(=O)c2ccc(C#CC3C=CC=C3)cc2)n1. The molecule has 1 aliphatic rings. The van der Waals surface area contributed by atoms with Gasteiger partial charge in [0.25, 0.3) is 5.91 Å². The summed E-state index contributed by atoms with van der Waals surface area (Å²) in [5.41, 5.74) is 1.35. The molecule has 0 unspecified atom stereocenters. The van der Waals surface area contributed by atoms with Crippen LogP contribution in [-0.2, 0) is 4.79 Å². The third kappa shape index (κ3) is 4.68. The highest BCUT2D eigenvalue weighted by molar-refractivity contribution is 6.04. The molecule has 0 atom stereocenters. The molecule has 128 valence electrons. The number of pyridine rings is 1. The number of amides is 2. The van der Waals surface area contributed by atoms with Gasteiger partial charge in [0.1, 0.15) is 11.6 Å². The Bertz CT molecular complexity index is 935. The van der Waals surface area contributed by atoms with Crippen LogP contribution in [0.3, 0.4) is 0 Å². The summed E-state index contributed by atoms with van der Waals surface area (Å²) in [6.07, 6.45) is 8.00. The van der Waals surface area contributed by atoms with Crippen molar-refractivity contribution in [2.45, 2.75) is 6.92 Å². The number of hydrogen-bond acceptors (Lipinski definition) is 3. The first-order chi connectivity index (χ1) is 12.6. The van der Waals surface area contributed by atoms with Crippen LogP contribution in [0.15, 0.2) is 66.8 Å². The van der Waals surface area contributed by atoms with Crippen LogP contribution >= 0.6 is 0 Å². The molecule has 0 saturated heterocycles. The number of nitrogens with one attached hydrogen (secondary N) is 2. The van der Waals surface area contributed by atoms with Gasteiger partial charge in [0.2, 0.25) is 5.91 Å². The second kappa shape index (κ2) is 7.95. The third-order valence-electron chi connectivity index (χ3n) is 3.57. The zero-order valence-corrected chi connectivity index (χ0v) is 14.2. The smallest absolute Gasteiger partial charge is 0.256 e. The van der Waals surface area contributed by atoms with Crippen LogP contribution in [0.2, 0.25) is 0 Å². The van der Waals surface area contributed by atoms with Crippen molar-refractivity contribution in [1.29, 1.82) is 0 Å². The first kappa shape index (κ1) is 17.2. The fourth-order valence-corrected chi connectivity index (χ4v) is 2.34. The van der Waals surface area contributed by atoms with Crippen molar-refractivity contribution in [3.05, 3.63) is 77.9 Å². The van der Waals surface area contributed by atoms with Gasteiger partial charge in [-0.3, -0.25) is 9.59 Å². The van der Waals surface area contributed by atoms with Crippen LogP contribution in [-0.4, -0.2) is 16.8 Å². The molecule has 2 aromatic rings. The highest BCUT2D eigenvalue weighted by Gasteiger charge is 2.07. The summed E-state index contributed by atoms with van der Waals surface area (Å²) in [6.45, 7) is 1.40. The van der Waals surface area contributed by atoms with E-state index in [0.717, 1.165) is 5.56 Å². The van der Waals surface area contributed by atoms with Crippen LogP contribution in [0.4, 0.5) is 11.6 Å². The number of aromatic nitrogens is 1. The first-order valence-electron chi connectivity index (χ1n) is 8.13. The summed E-state index contributed by atoms with van der Waals surface area (Å²) in [5.74, 6) is 6.63. The molecule has 0 radical (unpaired) electrons. The van der Waals surface area contributed by atoms with E-state index < -0.39 is 0 Å². The first-order valence-corrected chi connectivity index (χ1v) is 8.13. The fraction of sp³-hybridized carbons (Fsp3) is 0.0952. The summed E-state index contributed by atoms with van der Waals surface area (Å²) in [5, 5.41) is 5.29. The van der Waals surface area contributed by atoms with Gasteiger partial charge in [-0.05, 0) is 36.4 Å². The van der Waals surface area contributed by atoms with E-state index in [1.54, 1.807) is 30.3 Å². The largest absolute Gasteiger partial charge is 0.311 e. The number of benzene rings is 1. The number of nitrogens with zero attached hydrogens (tertiary/aromatic N) is 1. The Balaban J connectivity index is 1.65. The average Bonchev–Trinajstić information content (AvgIpc) is 3.14. The molecule has 1 aliphatic carbocycles. The molecule has 0 saturated carbocycles. The van der Waals surface area contributed by atoms with Crippen LogP contribution < -0.4 is 10.6 Å². The van der Waals surface area contributed by atoms with E-state index in [0.29, 0.717) is 17.2 Å². The lowest BCUT2D eigenvalue weighted by Gasteiger charge is -2.07. The summed E-state index contributed by atoms with van der Waals surface area (Å²) in [7, 11) is 0. The lowest BCUT2D eigenvalue weighted by atomic mass is 10.1. The second-order valence-electron chi connectivity index (χ2n) is 5.69. The molecule has 3 rings (SSSR count). The molecular formula is C21H17N3O2. The van der Waals surface area contributed by atoms with Gasteiger partial charge in [-0.2, -0.15) is 0 Å². The Morgan fingerprint density at radius 2 is 1.62 bits per heavy atom. The molecule has 0 aliphatic heterocycles. The van der Waals surface area contributed by atoms with Crippen LogP contribution in [0.5, 0.6) is 0 Å². The molecule has 0 fully saturated rings. The number of anilines is 2. The number of carbonyl (C=O) groups is 2. The summed E-state index contributed by atoms with van der Waals surface area (Å²) < 4.78 is 0. The maximum Gasteiger partial charge on any atom is 0.256 e. The van der Waals surface area contributed by atoms with Crippen molar-refractivity contribution >= 4 is 23.5 Å². The molecule has 0 spiro atoms. The van der Waals surface area contributed by atoms with Crippen molar-refractivity contribution in [3.8, 4) is 11.8 Å². The van der Waals surface area contributed by atoms with Crippen LogP contribution in [0, 0.1) is 17.8 Å². The zero-order valence-electron chi connectivity index (χ0n) is 14.2. The molecule has 1 aromatic heterocycles. The summed E-state index contributed by atoms with van der Waals surface area (Å²) in [6, 6.07) is 12.1. The average molecular weight is 343 g/mol. The molecule has 0 bridgehead atoms. The van der Waals surface area contributed by atoms with Gasteiger partial charge in [0.05, 0.1) is 5.92 Å². The third-order valence-corrected chi connectivity index (χ3v) is 3.57. The molecule has 2 N–H and O–H groups in total. The van der Waals surface area contributed by atoms with E-state index in [9.17, 15) is 9.59 Å². The van der Waals surface area contributed by atoms with E-state index in [-0.39, 0.29) is 17.7 Å². The lowest BCUT2D eigenvalue weighted by molar-refractivity contribution is -0.114.